The molecule has 0 saturated carbocycles. The zero-order valence-electron chi connectivity index (χ0n) is 31.9. The predicted octanol–water partition coefficient (Wildman–Crippen LogP) is 9.72. The van der Waals surface area contributed by atoms with Gasteiger partial charge in [-0.2, -0.15) is 5.26 Å². The lowest BCUT2D eigenvalue weighted by atomic mass is 9.93. The predicted molar refractivity (Wildman–Crippen MR) is 215 cm³/mol. The summed E-state index contributed by atoms with van der Waals surface area (Å²) >= 11 is 6.93. The summed E-state index contributed by atoms with van der Waals surface area (Å²) in [7, 11) is 2.13. The molecule has 9 heteroatoms. The molecule has 0 spiro atoms. The highest BCUT2D eigenvalue weighted by Crippen LogP contribution is 2.37. The fourth-order valence-electron chi connectivity index (χ4n) is 7.09. The van der Waals surface area contributed by atoms with Crippen LogP contribution in [0, 0.1) is 25.2 Å². The largest absolute Gasteiger partial charge is 0.493 e. The molecule has 0 bridgehead atoms. The molecule has 1 saturated heterocycles. The smallest absolute Gasteiger partial charge is 0.142 e. The Morgan fingerprint density at radius 1 is 0.833 bits per heavy atom. The minimum atomic E-state index is 0.276. The minimum Gasteiger partial charge on any atom is -0.493 e. The van der Waals surface area contributed by atoms with E-state index in [1.54, 1.807) is 24.7 Å². The van der Waals surface area contributed by atoms with Crippen LogP contribution in [0.3, 0.4) is 0 Å². The van der Waals surface area contributed by atoms with Crippen LogP contribution in [0.15, 0.2) is 91.5 Å². The molecule has 6 rings (SSSR count). The second-order valence-electron chi connectivity index (χ2n) is 14.3. The van der Waals surface area contributed by atoms with E-state index in [4.69, 9.17) is 25.8 Å². The van der Waals surface area contributed by atoms with E-state index in [0.29, 0.717) is 41.3 Å². The van der Waals surface area contributed by atoms with Crippen LogP contribution in [0.1, 0.15) is 71.6 Å². The average molecular weight is 744 g/mol. The van der Waals surface area contributed by atoms with Gasteiger partial charge in [0.15, 0.2) is 0 Å². The maximum Gasteiger partial charge on any atom is 0.142 e. The van der Waals surface area contributed by atoms with E-state index in [-0.39, 0.29) is 6.61 Å². The lowest BCUT2D eigenvalue weighted by Gasteiger charge is -2.33. The van der Waals surface area contributed by atoms with Crippen molar-refractivity contribution in [3.05, 3.63) is 135 Å². The van der Waals surface area contributed by atoms with Gasteiger partial charge in [0.05, 0.1) is 17.2 Å². The van der Waals surface area contributed by atoms with Gasteiger partial charge in [-0.1, -0.05) is 54.4 Å². The molecule has 2 aromatic heterocycles. The zero-order chi connectivity index (χ0) is 37.9. The van der Waals surface area contributed by atoms with Crippen molar-refractivity contribution in [3.8, 4) is 34.4 Å². The van der Waals surface area contributed by atoms with Crippen molar-refractivity contribution in [1.82, 2.24) is 19.8 Å². The van der Waals surface area contributed by atoms with E-state index in [9.17, 15) is 5.26 Å². The average Bonchev–Trinajstić information content (AvgIpc) is 3.18. The summed E-state index contributed by atoms with van der Waals surface area (Å²) in [6, 6.07) is 25.0. The topological polar surface area (TPSA) is 83.7 Å². The maximum absolute atomic E-state index is 9.36. The van der Waals surface area contributed by atoms with Gasteiger partial charge in [-0.05, 0) is 111 Å². The van der Waals surface area contributed by atoms with Gasteiger partial charge in [-0.15, -0.1) is 0 Å². The number of rotatable bonds is 16. The Morgan fingerprint density at radius 3 is 2.43 bits per heavy atom. The summed E-state index contributed by atoms with van der Waals surface area (Å²) in [6.07, 6.45) is 11.5. The van der Waals surface area contributed by atoms with Crippen LogP contribution in [0.25, 0.3) is 11.1 Å². The van der Waals surface area contributed by atoms with Crippen LogP contribution in [0.4, 0.5) is 0 Å². The Morgan fingerprint density at radius 2 is 1.63 bits per heavy atom. The molecule has 3 heterocycles. The van der Waals surface area contributed by atoms with Crippen molar-refractivity contribution < 1.29 is 14.2 Å². The Kier molecular flexibility index (Phi) is 13.6. The summed E-state index contributed by atoms with van der Waals surface area (Å²) < 4.78 is 19.2. The molecule has 3 aromatic carbocycles. The Bertz CT molecular complexity index is 2050. The number of hydrogen-bond acceptors (Lipinski definition) is 8. The molecule has 0 N–H and O–H groups in total. The molecule has 280 valence electrons. The monoisotopic (exact) mass is 743 g/mol. The van der Waals surface area contributed by atoms with Crippen molar-refractivity contribution in [1.29, 1.82) is 5.26 Å². The molecule has 0 amide bonds. The molecule has 0 radical (unpaired) electrons. The first-order chi connectivity index (χ1) is 26.3. The highest BCUT2D eigenvalue weighted by Gasteiger charge is 2.22. The van der Waals surface area contributed by atoms with Crippen LogP contribution in [0.5, 0.6) is 17.2 Å². The quantitative estimate of drug-likeness (QED) is 0.0925. The molecular weight excluding hydrogens is 694 g/mol. The molecule has 8 nitrogen and oxygen atoms in total. The van der Waals surface area contributed by atoms with Crippen LogP contribution in [-0.4, -0.2) is 52.6 Å². The molecule has 54 heavy (non-hydrogen) atoms. The van der Waals surface area contributed by atoms with Crippen molar-refractivity contribution in [2.24, 2.45) is 0 Å². The molecule has 1 fully saturated rings. The lowest BCUT2D eigenvalue weighted by molar-refractivity contribution is 0.150. The van der Waals surface area contributed by atoms with Crippen LogP contribution in [0.2, 0.25) is 5.02 Å². The van der Waals surface area contributed by atoms with E-state index in [1.807, 2.05) is 24.4 Å². The number of benzene rings is 3. The summed E-state index contributed by atoms with van der Waals surface area (Å²) in [4.78, 5) is 13.2. The summed E-state index contributed by atoms with van der Waals surface area (Å²) in [5.74, 6) is 2.18. The highest BCUT2D eigenvalue weighted by atomic mass is 35.5. The number of hydrogen-bond donors (Lipinski definition) is 0. The third-order valence-corrected chi connectivity index (χ3v) is 10.6. The molecule has 5 aromatic rings. The third-order valence-electron chi connectivity index (χ3n) is 10.3. The Labute approximate surface area is 325 Å². The van der Waals surface area contributed by atoms with Crippen LogP contribution in [-0.2, 0) is 26.3 Å². The van der Waals surface area contributed by atoms with Gasteiger partial charge in [0.1, 0.15) is 36.5 Å². The fourth-order valence-corrected chi connectivity index (χ4v) is 7.33. The first-order valence-corrected chi connectivity index (χ1v) is 19.2. The van der Waals surface area contributed by atoms with Crippen molar-refractivity contribution in [3.63, 3.8) is 0 Å². The second-order valence-corrected chi connectivity index (χ2v) is 14.7. The third kappa shape index (κ3) is 10.2. The van der Waals surface area contributed by atoms with Gasteiger partial charge in [0.2, 0.25) is 0 Å². The number of halogens is 1. The standard InChI is InChI=1S/C45H50ClN5O3/c1-32-11-5-6-19-51(32)29-39-22-42(46)45(23-44(39)53-30-37-21-36(24-47)26-49-27-37)54-31-38-13-7-14-40(33(38)2)41-15-8-16-43(34(41)3)52-20-10-18-50(4)28-35-12-9-17-48-25-35/h7-9,12-17,21-23,25-27,32H,5-6,10-11,18-20,28-31H2,1-4H3/t32-/m1/s1. The number of pyridine rings is 2. The SMILES string of the molecule is Cc1c(COc2cc(OCc3cncc(C#N)c3)c(CN3CCCC[C@H]3C)cc2Cl)cccc1-c1cccc(OCCCN(C)Cc2cccnc2)c1C. The summed E-state index contributed by atoms with van der Waals surface area (Å²) in [5, 5.41) is 9.91. The number of ether oxygens (including phenoxy) is 3. The Balaban J connectivity index is 1.14. The van der Waals surface area contributed by atoms with E-state index in [2.05, 4.69) is 96.1 Å². The number of nitrogens with zero attached hydrogens (tertiary/aromatic N) is 5. The van der Waals surface area contributed by atoms with Gasteiger partial charge in [-0.3, -0.25) is 14.9 Å². The van der Waals surface area contributed by atoms with Crippen LogP contribution < -0.4 is 14.2 Å². The Hall–Kier alpha value is -4.94. The van der Waals surface area contributed by atoms with E-state index in [1.165, 1.54) is 24.8 Å². The van der Waals surface area contributed by atoms with Gasteiger partial charge < -0.3 is 19.1 Å². The molecule has 0 aliphatic carbocycles. The van der Waals surface area contributed by atoms with Gasteiger partial charge >= 0.3 is 0 Å². The first-order valence-electron chi connectivity index (χ1n) is 18.8. The summed E-state index contributed by atoms with van der Waals surface area (Å²) in [5.41, 5.74) is 9.15. The normalized spacial score (nSPS) is 14.5. The molecule has 1 aliphatic heterocycles. The zero-order valence-corrected chi connectivity index (χ0v) is 32.6. The van der Waals surface area contributed by atoms with Crippen molar-refractivity contribution in [2.75, 3.05) is 26.7 Å². The molecule has 1 aliphatic rings. The van der Waals surface area contributed by atoms with E-state index < -0.39 is 0 Å². The number of nitriles is 1. The first kappa shape index (κ1) is 38.8. The minimum absolute atomic E-state index is 0.276. The van der Waals surface area contributed by atoms with Crippen molar-refractivity contribution in [2.45, 2.75) is 78.8 Å². The maximum atomic E-state index is 9.36. The second kappa shape index (κ2) is 18.9. The summed E-state index contributed by atoms with van der Waals surface area (Å²) in [6.45, 7) is 11.4. The number of piperidine rings is 1. The van der Waals surface area contributed by atoms with Gasteiger partial charge in [0, 0.05) is 67.7 Å². The van der Waals surface area contributed by atoms with Gasteiger partial charge in [-0.25, -0.2) is 0 Å². The van der Waals surface area contributed by atoms with Crippen LogP contribution >= 0.6 is 11.6 Å². The van der Waals surface area contributed by atoms with Crippen molar-refractivity contribution >= 4 is 11.6 Å². The van der Waals surface area contributed by atoms with E-state index in [0.717, 1.165) is 77.3 Å². The van der Waals surface area contributed by atoms with E-state index >= 15 is 0 Å². The fraction of sp³-hybridized carbons (Fsp3) is 0.356. The lowest BCUT2D eigenvalue weighted by Crippen LogP contribution is -2.36. The molecular formula is C45H50ClN5O3. The highest BCUT2D eigenvalue weighted by molar-refractivity contribution is 6.32. The number of aromatic nitrogens is 2. The molecule has 1 atom stereocenters. The molecule has 0 unspecified atom stereocenters. The number of likely N-dealkylation sites (tertiary alicyclic amines) is 1. The van der Waals surface area contributed by atoms with Gasteiger partial charge in [0.25, 0.3) is 0 Å².